The number of sulfonamides is 1. The van der Waals surface area contributed by atoms with Gasteiger partial charge in [-0.15, -0.1) is 0 Å². The Labute approximate surface area is 229 Å². The molecule has 11 nitrogen and oxygen atoms in total. The van der Waals surface area contributed by atoms with Crippen LogP contribution in [0.15, 0.2) is 36.4 Å². The van der Waals surface area contributed by atoms with Gasteiger partial charge in [0.15, 0.2) is 11.5 Å². The van der Waals surface area contributed by atoms with Crippen molar-refractivity contribution in [1.29, 1.82) is 0 Å². The summed E-state index contributed by atoms with van der Waals surface area (Å²) in [6, 6.07) is 9.31. The monoisotopic (exact) mass is 561 g/mol. The minimum absolute atomic E-state index is 0.102. The normalized spacial score (nSPS) is 21.9. The Balaban J connectivity index is 1.68. The number of carbonyl (C=O) groups is 2. The fourth-order valence-corrected chi connectivity index (χ4v) is 5.20. The lowest BCUT2D eigenvalue weighted by Crippen LogP contribution is -2.48. The van der Waals surface area contributed by atoms with Gasteiger partial charge in [0.05, 0.1) is 23.5 Å². The maximum atomic E-state index is 13.7. The number of carbonyl (C=O) groups excluding carboxylic acids is 2. The van der Waals surface area contributed by atoms with Gasteiger partial charge in [0.1, 0.15) is 12.4 Å². The van der Waals surface area contributed by atoms with Crippen molar-refractivity contribution in [2.24, 2.45) is 5.92 Å². The first kappa shape index (κ1) is 28.5. The number of rotatable bonds is 5. The van der Waals surface area contributed by atoms with Gasteiger partial charge in [-0.1, -0.05) is 6.92 Å². The van der Waals surface area contributed by atoms with E-state index >= 15 is 0 Å². The van der Waals surface area contributed by atoms with E-state index < -0.39 is 10.0 Å². The number of hydrogen-bond acceptors (Lipinski definition) is 8. The summed E-state index contributed by atoms with van der Waals surface area (Å²) < 4.78 is 49.4. The first-order chi connectivity index (χ1) is 18.5. The number of nitrogens with one attached hydrogen (secondary N) is 1. The molecule has 2 amide bonds. The molecule has 2 aromatic rings. The molecule has 0 aliphatic carbocycles. The number of benzene rings is 2. The topological polar surface area (TPSA) is 124 Å². The Kier molecular flexibility index (Phi) is 8.55. The predicted molar refractivity (Wildman–Crippen MR) is 145 cm³/mol. The molecule has 4 rings (SSSR count). The molecule has 2 aliphatic rings. The van der Waals surface area contributed by atoms with Gasteiger partial charge in [-0.25, -0.2) is 8.42 Å². The molecule has 2 aromatic carbocycles. The second kappa shape index (κ2) is 11.7. The Bertz CT molecular complexity index is 1330. The number of amides is 2. The minimum atomic E-state index is -3.54. The summed E-state index contributed by atoms with van der Waals surface area (Å²) in [5.41, 5.74) is 0.926. The quantitative estimate of drug-likeness (QED) is 0.591. The molecular weight excluding hydrogens is 526 g/mol. The lowest BCUT2D eigenvalue weighted by Gasteiger charge is -2.36. The summed E-state index contributed by atoms with van der Waals surface area (Å²) in [4.78, 5) is 30.5. The smallest absolute Gasteiger partial charge is 0.257 e. The van der Waals surface area contributed by atoms with Gasteiger partial charge in [0.25, 0.3) is 11.8 Å². The number of methoxy groups -OCH3 is 1. The van der Waals surface area contributed by atoms with Gasteiger partial charge in [-0.05, 0) is 50.2 Å². The standard InChI is InChI=1S/C27H35N3O8S/c1-6-39(33,34)28-20-8-10-22-21(12-20)27(32)29(4)14-25(35-5)17(2)13-30(18(3)15-36-22)26(31)19-7-9-23-24(11-19)38-16-37-23/h7-12,17-18,25,28H,6,13-16H2,1-5H3/t17-,18+,25+/m0/s1. The molecule has 0 aromatic heterocycles. The highest BCUT2D eigenvalue weighted by molar-refractivity contribution is 7.92. The number of nitrogens with zero attached hydrogens (tertiary/aromatic N) is 2. The highest BCUT2D eigenvalue weighted by atomic mass is 32.2. The van der Waals surface area contributed by atoms with Gasteiger partial charge in [0, 0.05) is 44.4 Å². The van der Waals surface area contributed by atoms with Crippen molar-refractivity contribution >= 4 is 27.5 Å². The van der Waals surface area contributed by atoms with E-state index in [1.165, 1.54) is 17.9 Å². The summed E-state index contributed by atoms with van der Waals surface area (Å²) in [5.74, 6) is 0.630. The fourth-order valence-electron chi connectivity index (χ4n) is 4.57. The van der Waals surface area contributed by atoms with Crippen LogP contribution in [0.2, 0.25) is 0 Å². The maximum Gasteiger partial charge on any atom is 0.257 e. The molecule has 0 saturated carbocycles. The third-order valence-electron chi connectivity index (χ3n) is 6.98. The van der Waals surface area contributed by atoms with E-state index in [0.29, 0.717) is 23.6 Å². The first-order valence-electron chi connectivity index (χ1n) is 12.8. The van der Waals surface area contributed by atoms with Crippen LogP contribution < -0.4 is 18.9 Å². The average Bonchev–Trinajstić information content (AvgIpc) is 3.40. The number of ether oxygens (including phenoxy) is 4. The summed E-state index contributed by atoms with van der Waals surface area (Å²) in [6.45, 7) is 6.21. The molecule has 0 radical (unpaired) electrons. The molecule has 0 bridgehead atoms. The molecular formula is C27H35N3O8S. The zero-order valence-corrected chi connectivity index (χ0v) is 23.6. The molecule has 12 heteroatoms. The Morgan fingerprint density at radius 1 is 1.05 bits per heavy atom. The van der Waals surface area contributed by atoms with Gasteiger partial charge in [0.2, 0.25) is 16.8 Å². The van der Waals surface area contributed by atoms with Crippen molar-refractivity contribution in [3.8, 4) is 17.2 Å². The van der Waals surface area contributed by atoms with Crippen LogP contribution in [0.5, 0.6) is 17.2 Å². The number of anilines is 1. The van der Waals surface area contributed by atoms with E-state index in [1.54, 1.807) is 49.4 Å². The van der Waals surface area contributed by atoms with Crippen LogP contribution in [0, 0.1) is 5.92 Å². The van der Waals surface area contributed by atoms with Gasteiger partial charge >= 0.3 is 0 Å². The van der Waals surface area contributed by atoms with Crippen LogP contribution in [0.4, 0.5) is 5.69 Å². The molecule has 212 valence electrons. The zero-order valence-electron chi connectivity index (χ0n) is 22.8. The molecule has 2 heterocycles. The number of hydrogen-bond donors (Lipinski definition) is 1. The average molecular weight is 562 g/mol. The van der Waals surface area contributed by atoms with Crippen molar-refractivity contribution in [3.05, 3.63) is 47.5 Å². The predicted octanol–water partition coefficient (Wildman–Crippen LogP) is 2.82. The number of likely N-dealkylation sites (N-methyl/N-ethyl adjacent to an activating group) is 1. The summed E-state index contributed by atoms with van der Waals surface area (Å²) in [6.07, 6.45) is -0.372. The van der Waals surface area contributed by atoms with Crippen LogP contribution in [-0.2, 0) is 14.8 Å². The third-order valence-corrected chi connectivity index (χ3v) is 8.29. The summed E-state index contributed by atoms with van der Waals surface area (Å²) in [7, 11) is -0.315. The van der Waals surface area contributed by atoms with E-state index in [1.807, 2.05) is 13.8 Å². The molecule has 39 heavy (non-hydrogen) atoms. The van der Waals surface area contributed by atoms with Crippen LogP contribution in [0.25, 0.3) is 0 Å². The third kappa shape index (κ3) is 6.39. The fraction of sp³-hybridized carbons (Fsp3) is 0.481. The molecule has 0 unspecified atom stereocenters. The zero-order chi connectivity index (χ0) is 28.3. The SMILES string of the molecule is CCS(=O)(=O)Nc1ccc2c(c1)C(=O)N(C)C[C@@H](OC)[C@@H](C)CN(C(=O)c1ccc3c(c1)OCO3)[C@H](C)CO2. The van der Waals surface area contributed by atoms with Crippen LogP contribution >= 0.6 is 0 Å². The maximum absolute atomic E-state index is 13.7. The van der Waals surface area contributed by atoms with Gasteiger partial charge in [-0.2, -0.15) is 0 Å². The largest absolute Gasteiger partial charge is 0.491 e. The van der Waals surface area contributed by atoms with Crippen LogP contribution in [0.3, 0.4) is 0 Å². The van der Waals surface area contributed by atoms with Crippen molar-refractivity contribution < 1.29 is 37.0 Å². The van der Waals surface area contributed by atoms with Crippen LogP contribution in [0.1, 0.15) is 41.5 Å². The highest BCUT2D eigenvalue weighted by Crippen LogP contribution is 2.33. The lowest BCUT2D eigenvalue weighted by atomic mass is 10.0. The van der Waals surface area contributed by atoms with Crippen molar-refractivity contribution in [2.75, 3.05) is 51.1 Å². The second-order valence-electron chi connectivity index (χ2n) is 9.84. The van der Waals surface area contributed by atoms with E-state index in [-0.39, 0.29) is 72.6 Å². The Morgan fingerprint density at radius 2 is 1.77 bits per heavy atom. The first-order valence-corrected chi connectivity index (χ1v) is 14.4. The van der Waals surface area contributed by atoms with E-state index in [0.717, 1.165) is 0 Å². The van der Waals surface area contributed by atoms with Crippen molar-refractivity contribution in [1.82, 2.24) is 9.80 Å². The van der Waals surface area contributed by atoms with Gasteiger partial charge in [-0.3, -0.25) is 14.3 Å². The molecule has 3 atom stereocenters. The summed E-state index contributed by atoms with van der Waals surface area (Å²) >= 11 is 0. The van der Waals surface area contributed by atoms with Crippen molar-refractivity contribution in [3.63, 3.8) is 0 Å². The van der Waals surface area contributed by atoms with Gasteiger partial charge < -0.3 is 28.7 Å². The molecule has 0 saturated heterocycles. The van der Waals surface area contributed by atoms with E-state index in [2.05, 4.69) is 4.72 Å². The summed E-state index contributed by atoms with van der Waals surface area (Å²) in [5, 5.41) is 0. The highest BCUT2D eigenvalue weighted by Gasteiger charge is 2.31. The van der Waals surface area contributed by atoms with Crippen molar-refractivity contribution in [2.45, 2.75) is 32.9 Å². The lowest BCUT2D eigenvalue weighted by molar-refractivity contribution is 0.0111. The molecule has 0 fully saturated rings. The van der Waals surface area contributed by atoms with E-state index in [4.69, 9.17) is 18.9 Å². The second-order valence-corrected chi connectivity index (χ2v) is 11.9. The van der Waals surface area contributed by atoms with Crippen LogP contribution in [-0.4, -0.2) is 88.6 Å². The Hall–Kier alpha value is -3.51. The number of fused-ring (bicyclic) bond motifs is 2. The molecule has 1 N–H and O–H groups in total. The molecule has 2 aliphatic heterocycles. The Morgan fingerprint density at radius 3 is 2.49 bits per heavy atom. The van der Waals surface area contributed by atoms with E-state index in [9.17, 15) is 18.0 Å². The minimum Gasteiger partial charge on any atom is -0.491 e. The molecule has 0 spiro atoms.